The van der Waals surface area contributed by atoms with Crippen molar-refractivity contribution in [2.24, 2.45) is 0 Å². The molecular weight excluding hydrogens is 196 g/mol. The first kappa shape index (κ1) is 14.4. The van der Waals surface area contributed by atoms with Crippen LogP contribution in [0.4, 0.5) is 0 Å². The topological polar surface area (TPSA) is 44.8 Å². The predicted molar refractivity (Wildman–Crippen MR) is 57.8 cm³/mol. The lowest BCUT2D eigenvalue weighted by molar-refractivity contribution is -0.156. The van der Waals surface area contributed by atoms with E-state index in [-0.39, 0.29) is 18.5 Å². The molecule has 90 valence electrons. The Morgan fingerprint density at radius 3 is 2.40 bits per heavy atom. The van der Waals surface area contributed by atoms with Crippen molar-refractivity contribution in [2.75, 3.05) is 20.3 Å². The molecule has 0 radical (unpaired) electrons. The highest BCUT2D eigenvalue weighted by molar-refractivity contribution is 5.69. The molecule has 1 atom stereocenters. The Morgan fingerprint density at radius 1 is 1.33 bits per heavy atom. The number of hydrogen-bond acceptors (Lipinski definition) is 4. The number of esters is 1. The Morgan fingerprint density at radius 2 is 1.93 bits per heavy atom. The van der Waals surface area contributed by atoms with Gasteiger partial charge in [0.1, 0.15) is 5.60 Å². The molecular formula is C11H22O4. The van der Waals surface area contributed by atoms with Crippen molar-refractivity contribution >= 4 is 5.97 Å². The van der Waals surface area contributed by atoms with Crippen LogP contribution in [0.2, 0.25) is 0 Å². The zero-order valence-corrected chi connectivity index (χ0v) is 10.3. The van der Waals surface area contributed by atoms with Crippen LogP contribution in [0.25, 0.3) is 0 Å². The summed E-state index contributed by atoms with van der Waals surface area (Å²) >= 11 is 0. The van der Waals surface area contributed by atoms with E-state index in [9.17, 15) is 4.79 Å². The fraction of sp³-hybridized carbons (Fsp3) is 0.909. The average molecular weight is 218 g/mol. The van der Waals surface area contributed by atoms with Gasteiger partial charge in [0.05, 0.1) is 25.7 Å². The third-order valence-electron chi connectivity index (χ3n) is 1.63. The van der Waals surface area contributed by atoms with Gasteiger partial charge in [-0.25, -0.2) is 0 Å². The second kappa shape index (κ2) is 6.80. The molecule has 0 heterocycles. The molecule has 0 amide bonds. The highest BCUT2D eigenvalue weighted by Gasteiger charge is 2.15. The van der Waals surface area contributed by atoms with Crippen LogP contribution in [0.5, 0.6) is 0 Å². The molecule has 0 aliphatic heterocycles. The molecule has 0 rings (SSSR count). The molecule has 0 bridgehead atoms. The zero-order chi connectivity index (χ0) is 11.9. The highest BCUT2D eigenvalue weighted by Crippen LogP contribution is 2.08. The van der Waals surface area contributed by atoms with Crippen molar-refractivity contribution in [2.45, 2.75) is 45.8 Å². The van der Waals surface area contributed by atoms with Gasteiger partial charge in [-0.15, -0.1) is 0 Å². The van der Waals surface area contributed by atoms with E-state index in [2.05, 4.69) is 0 Å². The number of rotatable bonds is 6. The van der Waals surface area contributed by atoms with Crippen molar-refractivity contribution in [3.8, 4) is 0 Å². The lowest BCUT2D eigenvalue weighted by Crippen LogP contribution is -2.25. The summed E-state index contributed by atoms with van der Waals surface area (Å²) in [7, 11) is 1.63. The predicted octanol–water partition coefficient (Wildman–Crippen LogP) is 1.77. The second-order valence-electron chi connectivity index (χ2n) is 4.46. The van der Waals surface area contributed by atoms with E-state index < -0.39 is 5.60 Å². The smallest absolute Gasteiger partial charge is 0.308 e. The van der Waals surface area contributed by atoms with Crippen LogP contribution in [-0.4, -0.2) is 38.0 Å². The lowest BCUT2D eigenvalue weighted by Gasteiger charge is -2.19. The van der Waals surface area contributed by atoms with Gasteiger partial charge in [0.15, 0.2) is 0 Å². The molecule has 0 N–H and O–H groups in total. The minimum absolute atomic E-state index is 0.0589. The molecule has 4 nitrogen and oxygen atoms in total. The quantitative estimate of drug-likeness (QED) is 0.503. The summed E-state index contributed by atoms with van der Waals surface area (Å²) in [6.07, 6.45) is 0.344. The zero-order valence-electron chi connectivity index (χ0n) is 10.3. The molecule has 0 aromatic heterocycles. The first-order chi connectivity index (χ1) is 6.85. The van der Waals surface area contributed by atoms with Crippen molar-refractivity contribution in [1.29, 1.82) is 0 Å². The van der Waals surface area contributed by atoms with Gasteiger partial charge < -0.3 is 14.2 Å². The Kier molecular flexibility index (Phi) is 6.52. The van der Waals surface area contributed by atoms with Crippen LogP contribution in [0.3, 0.4) is 0 Å². The van der Waals surface area contributed by atoms with Crippen molar-refractivity contribution in [3.63, 3.8) is 0 Å². The largest absolute Gasteiger partial charge is 0.460 e. The molecule has 0 aliphatic carbocycles. The van der Waals surface area contributed by atoms with E-state index in [1.165, 1.54) is 0 Å². The molecule has 0 aromatic carbocycles. The summed E-state index contributed by atoms with van der Waals surface area (Å²) in [5.41, 5.74) is -0.420. The Balaban J connectivity index is 3.48. The summed E-state index contributed by atoms with van der Waals surface area (Å²) in [4.78, 5) is 11.2. The molecule has 0 aromatic rings. The van der Waals surface area contributed by atoms with Crippen molar-refractivity contribution in [1.82, 2.24) is 0 Å². The Bertz CT molecular complexity index is 184. The fourth-order valence-corrected chi connectivity index (χ4v) is 0.865. The van der Waals surface area contributed by atoms with E-state index in [0.717, 1.165) is 0 Å². The fourth-order valence-electron chi connectivity index (χ4n) is 0.865. The first-order valence-electron chi connectivity index (χ1n) is 5.17. The summed E-state index contributed by atoms with van der Waals surface area (Å²) < 4.78 is 15.4. The van der Waals surface area contributed by atoms with E-state index in [1.807, 2.05) is 27.7 Å². The van der Waals surface area contributed by atoms with Crippen LogP contribution >= 0.6 is 0 Å². The maximum Gasteiger partial charge on any atom is 0.308 e. The number of carbonyl (C=O) groups is 1. The van der Waals surface area contributed by atoms with Gasteiger partial charge in [-0.3, -0.25) is 4.79 Å². The third kappa shape index (κ3) is 9.69. The van der Waals surface area contributed by atoms with Crippen LogP contribution in [-0.2, 0) is 19.0 Å². The van der Waals surface area contributed by atoms with Crippen LogP contribution in [0.1, 0.15) is 34.1 Å². The molecule has 4 heteroatoms. The monoisotopic (exact) mass is 218 g/mol. The summed E-state index contributed by atoms with van der Waals surface area (Å²) in [6, 6.07) is 0. The molecule has 15 heavy (non-hydrogen) atoms. The molecule has 0 aliphatic rings. The number of hydrogen-bond donors (Lipinski definition) is 0. The van der Waals surface area contributed by atoms with Gasteiger partial charge in [-0.2, -0.15) is 0 Å². The standard InChI is InChI=1S/C11H22O4/c1-9(13-5)8-14-7-6-10(12)15-11(2,3)4/h9H,6-8H2,1-5H3. The normalized spacial score (nSPS) is 13.7. The maximum atomic E-state index is 11.2. The number of methoxy groups -OCH3 is 1. The Labute approximate surface area is 91.9 Å². The molecule has 0 fully saturated rings. The van der Waals surface area contributed by atoms with Gasteiger partial charge in [0.2, 0.25) is 0 Å². The van der Waals surface area contributed by atoms with Gasteiger partial charge in [0.25, 0.3) is 0 Å². The number of ether oxygens (including phenoxy) is 3. The van der Waals surface area contributed by atoms with E-state index >= 15 is 0 Å². The van der Waals surface area contributed by atoms with Gasteiger partial charge in [-0.1, -0.05) is 0 Å². The number of carbonyl (C=O) groups excluding carboxylic acids is 1. The second-order valence-corrected chi connectivity index (χ2v) is 4.46. The van der Waals surface area contributed by atoms with Crippen molar-refractivity contribution < 1.29 is 19.0 Å². The van der Waals surface area contributed by atoms with E-state index in [4.69, 9.17) is 14.2 Å². The molecule has 0 spiro atoms. The first-order valence-corrected chi connectivity index (χ1v) is 5.17. The van der Waals surface area contributed by atoms with Gasteiger partial charge >= 0.3 is 5.97 Å². The molecule has 1 unspecified atom stereocenters. The summed E-state index contributed by atoms with van der Waals surface area (Å²) in [5, 5.41) is 0. The highest BCUT2D eigenvalue weighted by atomic mass is 16.6. The summed E-state index contributed by atoms with van der Waals surface area (Å²) in [6.45, 7) is 8.33. The van der Waals surface area contributed by atoms with Gasteiger partial charge in [-0.05, 0) is 27.7 Å². The molecule has 0 saturated heterocycles. The lowest BCUT2D eigenvalue weighted by atomic mass is 10.2. The average Bonchev–Trinajstić information content (AvgIpc) is 2.09. The van der Waals surface area contributed by atoms with Crippen LogP contribution in [0.15, 0.2) is 0 Å². The van der Waals surface area contributed by atoms with Crippen LogP contribution in [0, 0.1) is 0 Å². The van der Waals surface area contributed by atoms with Crippen molar-refractivity contribution in [3.05, 3.63) is 0 Å². The Hall–Kier alpha value is -0.610. The molecule has 0 saturated carbocycles. The van der Waals surface area contributed by atoms with E-state index in [0.29, 0.717) is 13.2 Å². The third-order valence-corrected chi connectivity index (χ3v) is 1.63. The summed E-state index contributed by atoms with van der Waals surface area (Å²) in [5.74, 6) is -0.229. The van der Waals surface area contributed by atoms with E-state index in [1.54, 1.807) is 7.11 Å². The SMILES string of the molecule is COC(C)COCCC(=O)OC(C)(C)C. The van der Waals surface area contributed by atoms with Crippen LogP contribution < -0.4 is 0 Å². The van der Waals surface area contributed by atoms with Gasteiger partial charge in [0, 0.05) is 7.11 Å². The minimum Gasteiger partial charge on any atom is -0.460 e. The maximum absolute atomic E-state index is 11.2. The minimum atomic E-state index is -0.420.